The molecular formula is C14H22N2. The third-order valence-electron chi connectivity index (χ3n) is 2.90. The van der Waals surface area contributed by atoms with E-state index in [1.807, 2.05) is 18.4 Å². The van der Waals surface area contributed by atoms with Crippen molar-refractivity contribution in [3.05, 3.63) is 41.9 Å². The van der Waals surface area contributed by atoms with E-state index >= 15 is 0 Å². The Bertz CT molecular complexity index is 333. The van der Waals surface area contributed by atoms with Gasteiger partial charge in [0.15, 0.2) is 0 Å². The van der Waals surface area contributed by atoms with Crippen LogP contribution in [0, 0.1) is 0 Å². The number of rotatable bonds is 5. The van der Waals surface area contributed by atoms with E-state index in [1.165, 1.54) is 5.57 Å². The Morgan fingerprint density at radius 3 is 2.94 bits per heavy atom. The van der Waals surface area contributed by atoms with Crippen molar-refractivity contribution in [3.8, 4) is 0 Å². The molecule has 1 atom stereocenters. The van der Waals surface area contributed by atoms with Crippen LogP contribution in [-0.2, 0) is 0 Å². The van der Waals surface area contributed by atoms with E-state index in [1.54, 1.807) is 0 Å². The first-order valence-electron chi connectivity index (χ1n) is 5.98. The van der Waals surface area contributed by atoms with E-state index in [2.05, 4.69) is 43.4 Å². The highest BCUT2D eigenvalue weighted by Crippen LogP contribution is 2.19. The molecule has 1 rings (SSSR count). The maximum absolute atomic E-state index is 4.16. The molecule has 1 heterocycles. The molecule has 0 aromatic rings. The van der Waals surface area contributed by atoms with Gasteiger partial charge in [0, 0.05) is 24.9 Å². The summed E-state index contributed by atoms with van der Waals surface area (Å²) in [5.74, 6) is 0. The summed E-state index contributed by atoms with van der Waals surface area (Å²) in [7, 11) is 2.07. The van der Waals surface area contributed by atoms with Crippen LogP contribution in [0.3, 0.4) is 0 Å². The van der Waals surface area contributed by atoms with Gasteiger partial charge in [0.1, 0.15) is 0 Å². The minimum atomic E-state index is 0.335. The van der Waals surface area contributed by atoms with E-state index < -0.39 is 0 Å². The third kappa shape index (κ3) is 3.04. The number of hydrogen-bond acceptors (Lipinski definition) is 2. The van der Waals surface area contributed by atoms with Gasteiger partial charge < -0.3 is 10.2 Å². The van der Waals surface area contributed by atoms with E-state index in [-0.39, 0.29) is 0 Å². The Labute approximate surface area is 99.0 Å². The predicted molar refractivity (Wildman–Crippen MR) is 70.0 cm³/mol. The Hall–Kier alpha value is -1.40. The minimum Gasteiger partial charge on any atom is -0.383 e. The zero-order valence-electron chi connectivity index (χ0n) is 10.6. The average Bonchev–Trinajstić information content (AvgIpc) is 2.53. The topological polar surface area (TPSA) is 15.3 Å². The standard InChI is InChI=1S/C14H22N2/c1-5-9-14-13(10-7-8-11-15-14)12(3)16(4)6-2/h7-8,11,14-15H,3,5-6,9H2,1-2,4H3. The van der Waals surface area contributed by atoms with E-state index in [0.717, 1.165) is 25.1 Å². The number of nitrogens with zero attached hydrogens (tertiary/aromatic N) is 1. The molecule has 0 aliphatic carbocycles. The first-order valence-corrected chi connectivity index (χ1v) is 5.98. The molecule has 0 saturated heterocycles. The van der Waals surface area contributed by atoms with Gasteiger partial charge in [0.25, 0.3) is 0 Å². The highest BCUT2D eigenvalue weighted by molar-refractivity contribution is 5.34. The molecule has 0 fully saturated rings. The molecule has 1 aliphatic rings. The summed E-state index contributed by atoms with van der Waals surface area (Å²) >= 11 is 0. The van der Waals surface area contributed by atoms with Crippen molar-refractivity contribution in [2.75, 3.05) is 13.6 Å². The van der Waals surface area contributed by atoms with Gasteiger partial charge >= 0.3 is 0 Å². The fraction of sp³-hybridized carbons (Fsp3) is 0.500. The van der Waals surface area contributed by atoms with Crippen LogP contribution in [0.5, 0.6) is 0 Å². The lowest BCUT2D eigenvalue weighted by atomic mass is 10.0. The summed E-state index contributed by atoms with van der Waals surface area (Å²) in [5, 5.41) is 3.39. The highest BCUT2D eigenvalue weighted by Gasteiger charge is 2.17. The second kappa shape index (κ2) is 6.24. The number of allylic oxidation sites excluding steroid dienone is 1. The van der Waals surface area contributed by atoms with Gasteiger partial charge in [-0.1, -0.05) is 19.9 Å². The molecule has 1 N–H and O–H groups in total. The van der Waals surface area contributed by atoms with Gasteiger partial charge in [-0.25, -0.2) is 0 Å². The van der Waals surface area contributed by atoms with Crippen molar-refractivity contribution in [1.29, 1.82) is 0 Å². The van der Waals surface area contributed by atoms with Crippen molar-refractivity contribution < 1.29 is 0 Å². The Morgan fingerprint density at radius 2 is 2.31 bits per heavy atom. The number of hydrogen-bond donors (Lipinski definition) is 1. The largest absolute Gasteiger partial charge is 0.383 e. The van der Waals surface area contributed by atoms with Gasteiger partial charge in [-0.15, -0.1) is 5.73 Å². The Kier molecular flexibility index (Phi) is 4.94. The summed E-state index contributed by atoms with van der Waals surface area (Å²) in [5.41, 5.74) is 5.57. The molecule has 0 bridgehead atoms. The molecule has 0 aromatic heterocycles. The molecular weight excluding hydrogens is 196 g/mol. The van der Waals surface area contributed by atoms with Gasteiger partial charge in [0.2, 0.25) is 0 Å². The van der Waals surface area contributed by atoms with Crippen LogP contribution < -0.4 is 5.32 Å². The SMILES string of the molecule is C=C(C1=C=CC=CNC1CCC)N(C)CC. The minimum absolute atomic E-state index is 0.335. The lowest BCUT2D eigenvalue weighted by molar-refractivity contribution is 0.437. The first kappa shape index (κ1) is 12.7. The summed E-state index contributed by atoms with van der Waals surface area (Å²) in [6.45, 7) is 9.46. The molecule has 1 aliphatic heterocycles. The molecule has 2 heteroatoms. The second-order valence-electron chi connectivity index (χ2n) is 4.05. The Morgan fingerprint density at radius 1 is 1.56 bits per heavy atom. The van der Waals surface area contributed by atoms with Crippen molar-refractivity contribution >= 4 is 0 Å². The zero-order chi connectivity index (χ0) is 12.0. The van der Waals surface area contributed by atoms with Crippen molar-refractivity contribution in [3.63, 3.8) is 0 Å². The van der Waals surface area contributed by atoms with Crippen molar-refractivity contribution in [2.24, 2.45) is 0 Å². The van der Waals surface area contributed by atoms with Gasteiger partial charge in [-0.05, 0) is 31.7 Å². The smallest absolute Gasteiger partial charge is 0.0601 e. The predicted octanol–water partition coefficient (Wildman–Crippen LogP) is 2.82. The van der Waals surface area contributed by atoms with Crippen LogP contribution in [0.25, 0.3) is 0 Å². The molecule has 0 aromatic carbocycles. The third-order valence-corrected chi connectivity index (χ3v) is 2.90. The Balaban J connectivity index is 2.92. The van der Waals surface area contributed by atoms with Crippen molar-refractivity contribution in [1.82, 2.24) is 10.2 Å². The monoisotopic (exact) mass is 218 g/mol. The van der Waals surface area contributed by atoms with Gasteiger partial charge in [0.05, 0.1) is 6.04 Å². The molecule has 2 nitrogen and oxygen atoms in total. The summed E-state index contributed by atoms with van der Waals surface area (Å²) in [6, 6.07) is 0.335. The highest BCUT2D eigenvalue weighted by atomic mass is 15.1. The van der Waals surface area contributed by atoms with E-state index in [0.29, 0.717) is 6.04 Å². The molecule has 1 unspecified atom stereocenters. The normalized spacial score (nSPS) is 18.7. The van der Waals surface area contributed by atoms with E-state index in [4.69, 9.17) is 0 Å². The molecule has 0 amide bonds. The van der Waals surface area contributed by atoms with Crippen LogP contribution in [0.15, 0.2) is 41.9 Å². The lowest BCUT2D eigenvalue weighted by Gasteiger charge is -2.26. The van der Waals surface area contributed by atoms with Crippen LogP contribution in [0.1, 0.15) is 26.7 Å². The van der Waals surface area contributed by atoms with Gasteiger partial charge in [-0.3, -0.25) is 0 Å². The summed E-state index contributed by atoms with van der Waals surface area (Å²) < 4.78 is 0. The molecule has 0 radical (unpaired) electrons. The first-order chi connectivity index (χ1) is 7.70. The molecule has 16 heavy (non-hydrogen) atoms. The van der Waals surface area contributed by atoms with Crippen LogP contribution in [-0.4, -0.2) is 24.5 Å². The summed E-state index contributed by atoms with van der Waals surface area (Å²) in [4.78, 5) is 2.16. The molecule has 0 spiro atoms. The van der Waals surface area contributed by atoms with Gasteiger partial charge in [-0.2, -0.15) is 0 Å². The number of nitrogens with one attached hydrogen (secondary N) is 1. The van der Waals surface area contributed by atoms with Crippen LogP contribution >= 0.6 is 0 Å². The molecule has 88 valence electrons. The maximum Gasteiger partial charge on any atom is 0.0601 e. The number of likely N-dealkylation sites (N-methyl/N-ethyl adjacent to an activating group) is 1. The zero-order valence-corrected chi connectivity index (χ0v) is 10.6. The van der Waals surface area contributed by atoms with E-state index in [9.17, 15) is 0 Å². The molecule has 0 saturated carbocycles. The fourth-order valence-electron chi connectivity index (χ4n) is 1.74. The van der Waals surface area contributed by atoms with Crippen LogP contribution in [0.2, 0.25) is 0 Å². The average molecular weight is 218 g/mol. The second-order valence-corrected chi connectivity index (χ2v) is 4.05. The lowest BCUT2D eigenvalue weighted by Crippen LogP contribution is -2.30. The van der Waals surface area contributed by atoms with Crippen LogP contribution in [0.4, 0.5) is 0 Å². The summed E-state index contributed by atoms with van der Waals surface area (Å²) in [6.07, 6.45) is 8.18. The fourth-order valence-corrected chi connectivity index (χ4v) is 1.74. The maximum atomic E-state index is 4.16. The quantitative estimate of drug-likeness (QED) is 0.714. The van der Waals surface area contributed by atoms with Crippen molar-refractivity contribution in [2.45, 2.75) is 32.7 Å².